The molecule has 0 bridgehead atoms. The largest absolute Gasteiger partial charge is 0.408 e. The molecule has 0 N–H and O–H groups in total. The molecule has 0 saturated carbocycles. The Bertz CT molecular complexity index is 810. The number of nitrogens with zero attached hydrogens (tertiary/aromatic N) is 6. The van der Waals surface area contributed by atoms with Crippen molar-refractivity contribution in [3.63, 3.8) is 0 Å². The zero-order valence-corrected chi connectivity index (χ0v) is 11.9. The number of alkyl halides is 3. The van der Waals surface area contributed by atoms with Crippen LogP contribution in [0.25, 0.3) is 11.5 Å². The monoisotopic (exact) mass is 324 g/mol. The molecule has 10 heteroatoms. The molecule has 0 fully saturated rings. The van der Waals surface area contributed by atoms with Crippen LogP contribution < -0.4 is 0 Å². The molecule has 3 rings (SSSR count). The fourth-order valence-electron chi connectivity index (χ4n) is 1.98. The highest BCUT2D eigenvalue weighted by Crippen LogP contribution is 2.19. The fraction of sp³-hybridized carbons (Fsp3) is 0.308. The SMILES string of the molecule is Cc1cncnc1-c1noc(Cc2ccn(CC(F)(F)F)n2)n1. The maximum Gasteiger partial charge on any atom is 0.408 e. The van der Waals surface area contributed by atoms with Gasteiger partial charge in [-0.2, -0.15) is 23.3 Å². The molecule has 0 atom stereocenters. The third-order valence-electron chi connectivity index (χ3n) is 2.94. The van der Waals surface area contributed by atoms with Crippen molar-refractivity contribution in [1.29, 1.82) is 0 Å². The van der Waals surface area contributed by atoms with Crippen molar-refractivity contribution in [2.24, 2.45) is 0 Å². The molecule has 0 aromatic carbocycles. The van der Waals surface area contributed by atoms with Gasteiger partial charge >= 0.3 is 6.18 Å². The van der Waals surface area contributed by atoms with E-state index in [0.29, 0.717) is 17.2 Å². The van der Waals surface area contributed by atoms with Crippen LogP contribution in [-0.4, -0.2) is 36.1 Å². The summed E-state index contributed by atoms with van der Waals surface area (Å²) in [7, 11) is 0. The summed E-state index contributed by atoms with van der Waals surface area (Å²) in [6.45, 7) is 0.673. The lowest BCUT2D eigenvalue weighted by Crippen LogP contribution is -2.18. The smallest absolute Gasteiger partial charge is 0.338 e. The van der Waals surface area contributed by atoms with Gasteiger partial charge in [0.25, 0.3) is 0 Å². The molecule has 0 aliphatic heterocycles. The zero-order chi connectivity index (χ0) is 16.4. The van der Waals surface area contributed by atoms with Crippen molar-refractivity contribution in [1.82, 2.24) is 29.9 Å². The van der Waals surface area contributed by atoms with E-state index in [1.54, 1.807) is 6.20 Å². The average molecular weight is 324 g/mol. The third kappa shape index (κ3) is 3.71. The number of aromatic nitrogens is 6. The van der Waals surface area contributed by atoms with Crippen molar-refractivity contribution < 1.29 is 17.7 Å². The van der Waals surface area contributed by atoms with E-state index in [4.69, 9.17) is 4.52 Å². The van der Waals surface area contributed by atoms with Gasteiger partial charge in [-0.1, -0.05) is 5.16 Å². The first-order valence-electron chi connectivity index (χ1n) is 6.59. The van der Waals surface area contributed by atoms with E-state index in [-0.39, 0.29) is 12.3 Å². The maximum absolute atomic E-state index is 12.3. The molecule has 23 heavy (non-hydrogen) atoms. The summed E-state index contributed by atoms with van der Waals surface area (Å²) < 4.78 is 42.8. The zero-order valence-electron chi connectivity index (χ0n) is 11.9. The van der Waals surface area contributed by atoms with E-state index >= 15 is 0 Å². The summed E-state index contributed by atoms with van der Waals surface area (Å²) >= 11 is 0. The van der Waals surface area contributed by atoms with Gasteiger partial charge in [-0.15, -0.1) is 0 Å². The Morgan fingerprint density at radius 2 is 2.13 bits per heavy atom. The van der Waals surface area contributed by atoms with E-state index in [1.165, 1.54) is 18.6 Å². The van der Waals surface area contributed by atoms with Gasteiger partial charge in [0, 0.05) is 12.4 Å². The van der Waals surface area contributed by atoms with Crippen LogP contribution in [0, 0.1) is 6.92 Å². The van der Waals surface area contributed by atoms with Gasteiger partial charge in [0.05, 0.1) is 12.1 Å². The predicted octanol–water partition coefficient (Wildman–Crippen LogP) is 2.18. The molecule has 120 valence electrons. The van der Waals surface area contributed by atoms with Crippen molar-refractivity contribution >= 4 is 0 Å². The second kappa shape index (κ2) is 5.78. The van der Waals surface area contributed by atoms with Crippen LogP contribution in [0.3, 0.4) is 0 Å². The highest BCUT2D eigenvalue weighted by atomic mass is 19.4. The van der Waals surface area contributed by atoms with Crippen molar-refractivity contribution in [2.45, 2.75) is 26.1 Å². The normalized spacial score (nSPS) is 11.8. The second-order valence-corrected chi connectivity index (χ2v) is 4.86. The molecule has 3 aromatic heterocycles. The molecule has 0 saturated heterocycles. The molecule has 0 amide bonds. The van der Waals surface area contributed by atoms with Gasteiger partial charge in [-0.05, 0) is 18.6 Å². The molecule has 0 aliphatic rings. The van der Waals surface area contributed by atoms with Crippen LogP contribution in [0.1, 0.15) is 17.1 Å². The summed E-state index contributed by atoms with van der Waals surface area (Å²) in [4.78, 5) is 12.1. The van der Waals surface area contributed by atoms with Crippen molar-refractivity contribution in [2.75, 3.05) is 0 Å². The highest BCUT2D eigenvalue weighted by molar-refractivity contribution is 5.52. The lowest BCUT2D eigenvalue weighted by atomic mass is 10.2. The minimum Gasteiger partial charge on any atom is -0.338 e. The van der Waals surface area contributed by atoms with Crippen LogP contribution >= 0.6 is 0 Å². The summed E-state index contributed by atoms with van der Waals surface area (Å²) in [5, 5.41) is 7.65. The Hall–Kier alpha value is -2.78. The Kier molecular flexibility index (Phi) is 3.80. The van der Waals surface area contributed by atoms with Crippen molar-refractivity contribution in [3.8, 4) is 11.5 Å². The number of halogens is 3. The minimum absolute atomic E-state index is 0.141. The summed E-state index contributed by atoms with van der Waals surface area (Å²) in [6, 6.07) is 1.48. The highest BCUT2D eigenvalue weighted by Gasteiger charge is 2.28. The Morgan fingerprint density at radius 3 is 2.87 bits per heavy atom. The standard InChI is InChI=1S/C13H11F3N6O/c1-8-5-17-7-18-11(8)12-19-10(23-21-12)4-9-2-3-22(20-9)6-13(14,15)16/h2-3,5,7H,4,6H2,1H3. The van der Waals surface area contributed by atoms with E-state index in [0.717, 1.165) is 10.2 Å². The lowest BCUT2D eigenvalue weighted by Gasteiger charge is -2.05. The third-order valence-corrected chi connectivity index (χ3v) is 2.94. The van der Waals surface area contributed by atoms with Crippen LogP contribution in [-0.2, 0) is 13.0 Å². The summed E-state index contributed by atoms with van der Waals surface area (Å²) in [6.07, 6.45) is 0.0799. The molecule has 0 radical (unpaired) electrons. The predicted molar refractivity (Wildman–Crippen MR) is 71.1 cm³/mol. The second-order valence-electron chi connectivity index (χ2n) is 4.86. The quantitative estimate of drug-likeness (QED) is 0.731. The molecular formula is C13H11F3N6O. The number of hydrogen-bond donors (Lipinski definition) is 0. The number of aryl methyl sites for hydroxylation is 1. The Labute approximate surface area is 128 Å². The lowest BCUT2D eigenvalue weighted by molar-refractivity contribution is -0.142. The molecule has 0 aliphatic carbocycles. The van der Waals surface area contributed by atoms with Gasteiger partial charge in [-0.25, -0.2) is 9.97 Å². The van der Waals surface area contributed by atoms with Gasteiger partial charge in [0.2, 0.25) is 11.7 Å². The van der Waals surface area contributed by atoms with Crippen LogP contribution in [0.2, 0.25) is 0 Å². The first kappa shape index (κ1) is 15.1. The number of rotatable bonds is 4. The first-order valence-corrected chi connectivity index (χ1v) is 6.59. The Balaban J connectivity index is 1.74. The van der Waals surface area contributed by atoms with Gasteiger partial charge in [0.1, 0.15) is 18.6 Å². The summed E-state index contributed by atoms with van der Waals surface area (Å²) in [5.74, 6) is 0.546. The topological polar surface area (TPSA) is 82.5 Å². The van der Waals surface area contributed by atoms with Gasteiger partial charge < -0.3 is 4.52 Å². The van der Waals surface area contributed by atoms with E-state index in [1.807, 2.05) is 6.92 Å². The van der Waals surface area contributed by atoms with Gasteiger partial charge in [-0.3, -0.25) is 4.68 Å². The van der Waals surface area contributed by atoms with E-state index in [9.17, 15) is 13.2 Å². The Morgan fingerprint density at radius 1 is 1.30 bits per heavy atom. The fourth-order valence-corrected chi connectivity index (χ4v) is 1.98. The molecule has 3 heterocycles. The van der Waals surface area contributed by atoms with Crippen LogP contribution in [0.5, 0.6) is 0 Å². The van der Waals surface area contributed by atoms with Crippen molar-refractivity contribution in [3.05, 3.63) is 41.9 Å². The van der Waals surface area contributed by atoms with E-state index in [2.05, 4.69) is 25.2 Å². The van der Waals surface area contributed by atoms with Crippen LogP contribution in [0.15, 0.2) is 29.3 Å². The molecule has 7 nitrogen and oxygen atoms in total. The van der Waals surface area contributed by atoms with Crippen LogP contribution in [0.4, 0.5) is 13.2 Å². The first-order chi connectivity index (χ1) is 10.9. The molecular weight excluding hydrogens is 313 g/mol. The maximum atomic E-state index is 12.3. The molecule has 0 spiro atoms. The molecule has 3 aromatic rings. The number of hydrogen-bond acceptors (Lipinski definition) is 6. The van der Waals surface area contributed by atoms with Gasteiger partial charge in [0.15, 0.2) is 0 Å². The van der Waals surface area contributed by atoms with E-state index < -0.39 is 12.7 Å². The average Bonchev–Trinajstić information content (AvgIpc) is 3.08. The summed E-state index contributed by atoms with van der Waals surface area (Å²) in [5.41, 5.74) is 1.73. The molecule has 0 unspecified atom stereocenters. The minimum atomic E-state index is -4.31.